The highest BCUT2D eigenvalue weighted by molar-refractivity contribution is 7.89. The second-order valence-corrected chi connectivity index (χ2v) is 4.70. The Morgan fingerprint density at radius 2 is 2.08 bits per heavy atom. The molecule has 72 valence electrons. The van der Waals surface area contributed by atoms with E-state index in [1.807, 2.05) is 0 Å². The van der Waals surface area contributed by atoms with Crippen LogP contribution in [0.25, 0.3) is 0 Å². The van der Waals surface area contributed by atoms with Gasteiger partial charge in [0, 0.05) is 20.3 Å². The molecule has 0 spiro atoms. The fourth-order valence-electron chi connectivity index (χ4n) is 0.760. The molecule has 1 aromatic heterocycles. The van der Waals surface area contributed by atoms with Crippen molar-refractivity contribution in [2.75, 3.05) is 14.1 Å². The average molecular weight is 204 g/mol. The SMILES string of the molecule is CN(C)S(=O)(=O)c1cccnc1F. The molecule has 0 aromatic carbocycles. The molecule has 0 radical (unpaired) electrons. The maximum atomic E-state index is 12.9. The molecule has 0 bridgehead atoms. The number of hydrogen-bond donors (Lipinski definition) is 0. The van der Waals surface area contributed by atoms with Crippen LogP contribution in [0.3, 0.4) is 0 Å². The molecule has 0 saturated heterocycles. The Hall–Kier alpha value is -1.01. The van der Waals surface area contributed by atoms with Crippen LogP contribution in [-0.4, -0.2) is 31.8 Å². The van der Waals surface area contributed by atoms with Crippen molar-refractivity contribution in [3.8, 4) is 0 Å². The van der Waals surface area contributed by atoms with Gasteiger partial charge in [-0.2, -0.15) is 4.39 Å². The van der Waals surface area contributed by atoms with Crippen LogP contribution in [0.2, 0.25) is 0 Å². The van der Waals surface area contributed by atoms with E-state index in [1.165, 1.54) is 32.4 Å². The van der Waals surface area contributed by atoms with Gasteiger partial charge in [-0.1, -0.05) is 0 Å². The zero-order valence-electron chi connectivity index (χ0n) is 7.23. The summed E-state index contributed by atoms with van der Waals surface area (Å²) in [6, 6.07) is 2.55. The molecule has 1 rings (SSSR count). The van der Waals surface area contributed by atoms with Gasteiger partial charge >= 0.3 is 0 Å². The van der Waals surface area contributed by atoms with Crippen LogP contribution in [0, 0.1) is 5.95 Å². The lowest BCUT2D eigenvalue weighted by atomic mass is 10.5. The largest absolute Gasteiger partial charge is 0.247 e. The van der Waals surface area contributed by atoms with E-state index in [0.717, 1.165) is 4.31 Å². The maximum Gasteiger partial charge on any atom is 0.247 e. The summed E-state index contributed by atoms with van der Waals surface area (Å²) in [4.78, 5) is 2.85. The van der Waals surface area contributed by atoms with Gasteiger partial charge in [0.2, 0.25) is 16.0 Å². The van der Waals surface area contributed by atoms with Gasteiger partial charge in [-0.25, -0.2) is 17.7 Å². The summed E-state index contributed by atoms with van der Waals surface area (Å²) in [7, 11) is -1.04. The number of hydrogen-bond acceptors (Lipinski definition) is 3. The van der Waals surface area contributed by atoms with Gasteiger partial charge in [-0.05, 0) is 12.1 Å². The van der Waals surface area contributed by atoms with E-state index in [2.05, 4.69) is 4.98 Å². The van der Waals surface area contributed by atoms with Crippen molar-refractivity contribution in [1.29, 1.82) is 0 Å². The van der Waals surface area contributed by atoms with Crippen molar-refractivity contribution in [2.24, 2.45) is 0 Å². The van der Waals surface area contributed by atoms with E-state index in [1.54, 1.807) is 0 Å². The number of halogens is 1. The zero-order valence-corrected chi connectivity index (χ0v) is 8.05. The van der Waals surface area contributed by atoms with Crippen molar-refractivity contribution in [1.82, 2.24) is 9.29 Å². The Labute approximate surface area is 76.1 Å². The highest BCUT2D eigenvalue weighted by Crippen LogP contribution is 2.14. The molecule has 0 amide bonds. The number of rotatable bonds is 2. The summed E-state index contributed by atoms with van der Waals surface area (Å²) in [6.07, 6.45) is 1.20. The van der Waals surface area contributed by atoms with E-state index < -0.39 is 20.9 Å². The van der Waals surface area contributed by atoms with Gasteiger partial charge in [0.25, 0.3) is 0 Å². The third-order valence-corrected chi connectivity index (χ3v) is 3.31. The van der Waals surface area contributed by atoms with Gasteiger partial charge in [0.15, 0.2) is 0 Å². The van der Waals surface area contributed by atoms with Crippen molar-refractivity contribution >= 4 is 10.0 Å². The Morgan fingerprint density at radius 3 is 2.54 bits per heavy atom. The third-order valence-electron chi connectivity index (χ3n) is 1.48. The minimum atomic E-state index is -3.71. The molecule has 6 heteroatoms. The van der Waals surface area contributed by atoms with Crippen LogP contribution < -0.4 is 0 Å². The standard InChI is InChI=1S/C7H9FN2O2S/c1-10(2)13(11,12)6-4-3-5-9-7(6)8/h3-5H,1-2H3. The summed E-state index contributed by atoms with van der Waals surface area (Å²) >= 11 is 0. The first-order chi connectivity index (χ1) is 5.96. The lowest BCUT2D eigenvalue weighted by Gasteiger charge is -2.10. The molecule has 0 aliphatic rings. The summed E-state index contributed by atoms with van der Waals surface area (Å²) in [5, 5.41) is 0. The topological polar surface area (TPSA) is 50.3 Å². The minimum absolute atomic E-state index is 0.403. The number of aromatic nitrogens is 1. The lowest BCUT2D eigenvalue weighted by molar-refractivity contribution is 0.498. The molecule has 4 nitrogen and oxygen atoms in total. The van der Waals surface area contributed by atoms with Crippen LogP contribution in [0.1, 0.15) is 0 Å². The first-order valence-corrected chi connectivity index (χ1v) is 4.93. The number of pyridine rings is 1. The van der Waals surface area contributed by atoms with Crippen LogP contribution in [-0.2, 0) is 10.0 Å². The summed E-state index contributed by atoms with van der Waals surface area (Å²) < 4.78 is 36.7. The van der Waals surface area contributed by atoms with Crippen LogP contribution in [0.15, 0.2) is 23.2 Å². The van der Waals surface area contributed by atoms with Gasteiger partial charge in [0.05, 0.1) is 0 Å². The minimum Gasteiger partial charge on any atom is -0.227 e. The smallest absolute Gasteiger partial charge is 0.227 e. The second-order valence-electron chi connectivity index (χ2n) is 2.58. The monoisotopic (exact) mass is 204 g/mol. The fraction of sp³-hybridized carbons (Fsp3) is 0.286. The van der Waals surface area contributed by atoms with E-state index in [-0.39, 0.29) is 0 Å². The van der Waals surface area contributed by atoms with E-state index in [9.17, 15) is 12.8 Å². The highest BCUT2D eigenvalue weighted by atomic mass is 32.2. The zero-order chi connectivity index (χ0) is 10.1. The molecule has 0 aliphatic heterocycles. The Bertz CT molecular complexity index is 403. The lowest BCUT2D eigenvalue weighted by Crippen LogP contribution is -2.23. The van der Waals surface area contributed by atoms with E-state index in [4.69, 9.17) is 0 Å². The first-order valence-electron chi connectivity index (χ1n) is 3.49. The molecule has 0 saturated carbocycles. The van der Waals surface area contributed by atoms with Gasteiger partial charge in [0.1, 0.15) is 4.90 Å². The molecule has 0 atom stereocenters. The molecular weight excluding hydrogens is 195 g/mol. The Morgan fingerprint density at radius 1 is 1.46 bits per heavy atom. The molecule has 0 N–H and O–H groups in total. The quantitative estimate of drug-likeness (QED) is 0.658. The Balaban J connectivity index is 3.32. The Kier molecular flexibility index (Phi) is 2.63. The van der Waals surface area contributed by atoms with Gasteiger partial charge in [-0.3, -0.25) is 0 Å². The average Bonchev–Trinajstić information content (AvgIpc) is 2.04. The fourth-order valence-corrected chi connectivity index (χ4v) is 1.67. The molecule has 0 aliphatic carbocycles. The predicted molar refractivity (Wildman–Crippen MR) is 45.1 cm³/mol. The van der Waals surface area contributed by atoms with Crippen molar-refractivity contribution < 1.29 is 12.8 Å². The molecule has 13 heavy (non-hydrogen) atoms. The maximum absolute atomic E-state index is 12.9. The van der Waals surface area contributed by atoms with E-state index in [0.29, 0.717) is 0 Å². The van der Waals surface area contributed by atoms with E-state index >= 15 is 0 Å². The normalized spacial score (nSPS) is 12.0. The van der Waals surface area contributed by atoms with Crippen molar-refractivity contribution in [3.05, 3.63) is 24.3 Å². The van der Waals surface area contributed by atoms with Crippen LogP contribution in [0.5, 0.6) is 0 Å². The number of sulfonamides is 1. The first kappa shape index (κ1) is 10.1. The summed E-state index contributed by atoms with van der Waals surface area (Å²) in [5.74, 6) is -0.976. The molecular formula is C7H9FN2O2S. The van der Waals surface area contributed by atoms with Crippen molar-refractivity contribution in [2.45, 2.75) is 4.90 Å². The van der Waals surface area contributed by atoms with Crippen LogP contribution in [0.4, 0.5) is 4.39 Å². The predicted octanol–water partition coefficient (Wildman–Crippen LogP) is 0.471. The molecule has 1 aromatic rings. The molecule has 1 heterocycles. The summed E-state index contributed by atoms with van der Waals surface area (Å²) in [6.45, 7) is 0. The third kappa shape index (κ3) is 1.84. The van der Waals surface area contributed by atoms with Crippen molar-refractivity contribution in [3.63, 3.8) is 0 Å². The van der Waals surface area contributed by atoms with Gasteiger partial charge in [-0.15, -0.1) is 0 Å². The summed E-state index contributed by atoms with van der Waals surface area (Å²) in [5.41, 5.74) is 0. The number of nitrogens with zero attached hydrogens (tertiary/aromatic N) is 2. The highest BCUT2D eigenvalue weighted by Gasteiger charge is 2.21. The van der Waals surface area contributed by atoms with Crippen LogP contribution >= 0.6 is 0 Å². The molecule has 0 fully saturated rings. The second kappa shape index (κ2) is 3.39. The molecule has 0 unspecified atom stereocenters. The van der Waals surface area contributed by atoms with Gasteiger partial charge < -0.3 is 0 Å².